The summed E-state index contributed by atoms with van der Waals surface area (Å²) in [5.41, 5.74) is 1.67. The molecular formula is C12H9Cl2NO2. The number of nitrogens with zero attached hydrogens (tertiary/aromatic N) is 1. The van der Waals surface area contributed by atoms with Gasteiger partial charge in [-0.05, 0) is 24.6 Å². The van der Waals surface area contributed by atoms with Crippen molar-refractivity contribution in [1.29, 1.82) is 0 Å². The van der Waals surface area contributed by atoms with Crippen LogP contribution in [0.4, 0.5) is 0 Å². The Morgan fingerprint density at radius 2 is 2.12 bits per heavy atom. The van der Waals surface area contributed by atoms with Gasteiger partial charge in [0.05, 0.1) is 28.2 Å². The number of carbonyl (C=O) groups excluding carboxylic acids is 1. The maximum Gasteiger partial charge on any atom is 0.338 e. The largest absolute Gasteiger partial charge is 0.465 e. The molecule has 0 aliphatic carbocycles. The first-order valence-electron chi connectivity index (χ1n) is 4.88. The van der Waals surface area contributed by atoms with Gasteiger partial charge in [-0.25, -0.2) is 4.79 Å². The minimum absolute atomic E-state index is 0.369. The average Bonchev–Trinajstić information content (AvgIpc) is 2.34. The molecule has 88 valence electrons. The van der Waals surface area contributed by atoms with Crippen LogP contribution in [0, 0.1) is 6.92 Å². The van der Waals surface area contributed by atoms with Gasteiger partial charge in [-0.3, -0.25) is 4.98 Å². The van der Waals surface area contributed by atoms with Crippen molar-refractivity contribution >= 4 is 40.1 Å². The Kier molecular flexibility index (Phi) is 3.22. The predicted octanol–water partition coefficient (Wildman–Crippen LogP) is 3.64. The Labute approximate surface area is 108 Å². The third-order valence-corrected chi connectivity index (χ3v) is 3.27. The zero-order valence-corrected chi connectivity index (χ0v) is 10.8. The lowest BCUT2D eigenvalue weighted by Gasteiger charge is -2.09. The number of pyridine rings is 1. The predicted molar refractivity (Wildman–Crippen MR) is 67.8 cm³/mol. The van der Waals surface area contributed by atoms with Crippen molar-refractivity contribution in [3.63, 3.8) is 0 Å². The molecule has 0 saturated carbocycles. The first kappa shape index (κ1) is 12.1. The van der Waals surface area contributed by atoms with Gasteiger partial charge in [-0.1, -0.05) is 23.2 Å². The summed E-state index contributed by atoms with van der Waals surface area (Å²) in [6, 6.07) is 3.29. The van der Waals surface area contributed by atoms with Gasteiger partial charge in [0.1, 0.15) is 0 Å². The summed E-state index contributed by atoms with van der Waals surface area (Å²) in [4.78, 5) is 15.8. The molecule has 1 aromatic carbocycles. The van der Waals surface area contributed by atoms with Gasteiger partial charge < -0.3 is 4.74 Å². The van der Waals surface area contributed by atoms with Gasteiger partial charge in [0.15, 0.2) is 0 Å². The summed E-state index contributed by atoms with van der Waals surface area (Å²) >= 11 is 12.3. The number of esters is 1. The number of hydrogen-bond acceptors (Lipinski definition) is 3. The second-order valence-corrected chi connectivity index (χ2v) is 4.35. The highest BCUT2D eigenvalue weighted by Crippen LogP contribution is 2.33. The molecule has 0 bridgehead atoms. The van der Waals surface area contributed by atoms with Crippen LogP contribution < -0.4 is 0 Å². The molecule has 2 rings (SSSR count). The molecule has 0 aliphatic heterocycles. The second-order valence-electron chi connectivity index (χ2n) is 3.56. The van der Waals surface area contributed by atoms with E-state index in [4.69, 9.17) is 27.9 Å². The third-order valence-electron chi connectivity index (χ3n) is 2.49. The van der Waals surface area contributed by atoms with Gasteiger partial charge in [0.2, 0.25) is 0 Å². The maximum atomic E-state index is 11.7. The molecular weight excluding hydrogens is 261 g/mol. The van der Waals surface area contributed by atoms with E-state index < -0.39 is 5.97 Å². The van der Waals surface area contributed by atoms with Crippen LogP contribution in [0.15, 0.2) is 18.3 Å². The van der Waals surface area contributed by atoms with E-state index in [0.29, 0.717) is 26.5 Å². The molecule has 2 aromatic rings. The molecule has 0 radical (unpaired) electrons. The summed E-state index contributed by atoms with van der Waals surface area (Å²) < 4.78 is 4.71. The van der Waals surface area contributed by atoms with E-state index in [1.807, 2.05) is 6.92 Å². The molecule has 17 heavy (non-hydrogen) atoms. The lowest BCUT2D eigenvalue weighted by molar-refractivity contribution is 0.0603. The van der Waals surface area contributed by atoms with Gasteiger partial charge in [-0.2, -0.15) is 0 Å². The summed E-state index contributed by atoms with van der Waals surface area (Å²) in [7, 11) is 1.32. The number of aromatic nitrogens is 1. The maximum absolute atomic E-state index is 11.7. The molecule has 0 aliphatic rings. The van der Waals surface area contributed by atoms with Crippen molar-refractivity contribution in [1.82, 2.24) is 4.98 Å². The van der Waals surface area contributed by atoms with Gasteiger partial charge in [0.25, 0.3) is 0 Å². The Bertz CT molecular complexity index is 611. The minimum atomic E-state index is -0.457. The molecule has 0 atom stereocenters. The van der Waals surface area contributed by atoms with Crippen LogP contribution in [0.25, 0.3) is 10.9 Å². The molecule has 1 aromatic heterocycles. The highest BCUT2D eigenvalue weighted by atomic mass is 35.5. The Morgan fingerprint density at radius 3 is 2.76 bits per heavy atom. The number of halogens is 2. The van der Waals surface area contributed by atoms with E-state index in [-0.39, 0.29) is 0 Å². The topological polar surface area (TPSA) is 39.2 Å². The number of carbonyl (C=O) groups is 1. The fourth-order valence-electron chi connectivity index (χ4n) is 1.66. The summed E-state index contributed by atoms with van der Waals surface area (Å²) in [6.45, 7) is 1.82. The van der Waals surface area contributed by atoms with Crippen LogP contribution in [0.2, 0.25) is 10.0 Å². The molecule has 0 amide bonds. The van der Waals surface area contributed by atoms with E-state index in [0.717, 1.165) is 5.56 Å². The average molecular weight is 270 g/mol. The SMILES string of the molecule is COC(=O)c1ccnc2c(Cl)cc(C)c(Cl)c12. The first-order valence-corrected chi connectivity index (χ1v) is 5.63. The van der Waals surface area contributed by atoms with Crippen LogP contribution in [0.3, 0.4) is 0 Å². The number of rotatable bonds is 1. The fraction of sp³-hybridized carbons (Fsp3) is 0.167. The summed E-state index contributed by atoms with van der Waals surface area (Å²) in [5.74, 6) is -0.457. The first-order chi connectivity index (χ1) is 8.06. The zero-order valence-electron chi connectivity index (χ0n) is 9.25. The van der Waals surface area contributed by atoms with E-state index in [2.05, 4.69) is 4.98 Å². The van der Waals surface area contributed by atoms with Crippen molar-refractivity contribution < 1.29 is 9.53 Å². The highest BCUT2D eigenvalue weighted by molar-refractivity contribution is 6.41. The van der Waals surface area contributed by atoms with Crippen LogP contribution in [-0.4, -0.2) is 18.1 Å². The van der Waals surface area contributed by atoms with Crippen LogP contribution >= 0.6 is 23.2 Å². The van der Waals surface area contributed by atoms with Gasteiger partial charge in [0, 0.05) is 11.6 Å². The number of hydrogen-bond donors (Lipinski definition) is 0. The highest BCUT2D eigenvalue weighted by Gasteiger charge is 2.16. The molecule has 0 fully saturated rings. The molecule has 0 N–H and O–H groups in total. The third kappa shape index (κ3) is 1.96. The van der Waals surface area contributed by atoms with E-state index in [9.17, 15) is 4.79 Å². The minimum Gasteiger partial charge on any atom is -0.465 e. The molecule has 0 unspecified atom stereocenters. The molecule has 0 saturated heterocycles. The van der Waals surface area contributed by atoms with Crippen LogP contribution in [0.1, 0.15) is 15.9 Å². The monoisotopic (exact) mass is 269 g/mol. The second kappa shape index (κ2) is 4.51. The Hall–Kier alpha value is -1.32. The van der Waals surface area contributed by atoms with Crippen molar-refractivity contribution in [2.75, 3.05) is 7.11 Å². The molecule has 0 spiro atoms. The van der Waals surface area contributed by atoms with Crippen molar-refractivity contribution in [3.8, 4) is 0 Å². The van der Waals surface area contributed by atoms with Gasteiger partial charge >= 0.3 is 5.97 Å². The summed E-state index contributed by atoms with van der Waals surface area (Å²) in [6.07, 6.45) is 1.51. The number of aryl methyl sites for hydroxylation is 1. The normalized spacial score (nSPS) is 10.6. The van der Waals surface area contributed by atoms with E-state index in [1.165, 1.54) is 13.3 Å². The number of methoxy groups -OCH3 is 1. The quantitative estimate of drug-likeness (QED) is 0.742. The summed E-state index contributed by atoms with van der Waals surface area (Å²) in [5, 5.41) is 1.47. The number of fused-ring (bicyclic) bond motifs is 1. The Balaban J connectivity index is 2.92. The molecule has 5 heteroatoms. The Morgan fingerprint density at radius 1 is 1.41 bits per heavy atom. The van der Waals surface area contributed by atoms with Crippen molar-refractivity contribution in [2.45, 2.75) is 6.92 Å². The smallest absolute Gasteiger partial charge is 0.338 e. The van der Waals surface area contributed by atoms with Gasteiger partial charge in [-0.15, -0.1) is 0 Å². The van der Waals surface area contributed by atoms with Crippen molar-refractivity contribution in [2.24, 2.45) is 0 Å². The standard InChI is InChI=1S/C12H9Cl2NO2/c1-6-5-8(13)11-9(10(6)14)7(3-4-15-11)12(16)17-2/h3-5H,1-2H3. The zero-order chi connectivity index (χ0) is 12.6. The number of ether oxygens (including phenoxy) is 1. The van der Waals surface area contributed by atoms with Crippen molar-refractivity contribution in [3.05, 3.63) is 39.5 Å². The lowest BCUT2D eigenvalue weighted by Crippen LogP contribution is -2.03. The van der Waals surface area contributed by atoms with E-state index >= 15 is 0 Å². The fourth-order valence-corrected chi connectivity index (χ4v) is 2.22. The molecule has 3 nitrogen and oxygen atoms in total. The van der Waals surface area contributed by atoms with E-state index in [1.54, 1.807) is 12.1 Å². The van der Waals surface area contributed by atoms with Crippen LogP contribution in [-0.2, 0) is 4.74 Å². The molecule has 1 heterocycles. The number of benzene rings is 1. The lowest BCUT2D eigenvalue weighted by atomic mass is 10.1. The van der Waals surface area contributed by atoms with Crippen LogP contribution in [0.5, 0.6) is 0 Å².